The second-order valence-electron chi connectivity index (χ2n) is 9.84. The van der Waals surface area contributed by atoms with Crippen LogP contribution in [-0.4, -0.2) is 55.0 Å². The van der Waals surface area contributed by atoms with Gasteiger partial charge < -0.3 is 19.7 Å². The van der Waals surface area contributed by atoms with Gasteiger partial charge in [-0.15, -0.1) is 11.3 Å². The first-order valence-corrected chi connectivity index (χ1v) is 12.4. The molecule has 1 aliphatic carbocycles. The van der Waals surface area contributed by atoms with Gasteiger partial charge in [0, 0.05) is 18.7 Å². The molecule has 1 aromatic heterocycles. The van der Waals surface area contributed by atoms with Crippen molar-refractivity contribution in [2.75, 3.05) is 20.8 Å². The molecule has 4 rings (SSSR count). The van der Waals surface area contributed by atoms with Crippen molar-refractivity contribution in [2.24, 2.45) is 5.41 Å². The van der Waals surface area contributed by atoms with E-state index in [4.69, 9.17) is 9.47 Å². The van der Waals surface area contributed by atoms with Gasteiger partial charge in [0.1, 0.15) is 0 Å². The number of amides is 2. The molecule has 0 unspecified atom stereocenters. The van der Waals surface area contributed by atoms with E-state index in [2.05, 4.69) is 0 Å². The molecular weight excluding hydrogens is 509 g/mol. The zero-order valence-electron chi connectivity index (χ0n) is 20.8. The van der Waals surface area contributed by atoms with Crippen LogP contribution in [0.25, 0.3) is 0 Å². The fourth-order valence-electron chi connectivity index (χ4n) is 4.98. The number of alkyl halides is 3. The molecule has 198 valence electrons. The Kier molecular flexibility index (Phi) is 6.87. The second kappa shape index (κ2) is 9.51. The summed E-state index contributed by atoms with van der Waals surface area (Å²) in [5.41, 5.74) is -4.08. The van der Waals surface area contributed by atoms with Crippen LogP contribution in [0.2, 0.25) is 0 Å². The van der Waals surface area contributed by atoms with E-state index < -0.39 is 40.3 Å². The summed E-state index contributed by atoms with van der Waals surface area (Å²) < 4.78 is 55.1. The van der Waals surface area contributed by atoms with Crippen LogP contribution in [0.5, 0.6) is 11.5 Å². The number of methoxy groups -OCH3 is 2. The van der Waals surface area contributed by atoms with Crippen LogP contribution in [0.1, 0.15) is 41.9 Å². The quantitative estimate of drug-likeness (QED) is 0.563. The molecule has 11 heteroatoms. The zero-order valence-corrected chi connectivity index (χ0v) is 21.6. The molecular formula is C26H27F3N2O5S. The van der Waals surface area contributed by atoms with Gasteiger partial charge in [0.25, 0.3) is 11.8 Å². The largest absolute Gasteiger partial charge is 0.493 e. The SMILES string of the molecule is COc1ccc(CCN2C(=O)[C@@](NC(=O)c3cccs3)(C(F)(F)F)C3=C2CC(C)(C)CC3=O)cc1OC. The highest BCUT2D eigenvalue weighted by molar-refractivity contribution is 7.12. The molecule has 2 heterocycles. The van der Waals surface area contributed by atoms with Gasteiger partial charge in [-0.3, -0.25) is 14.4 Å². The van der Waals surface area contributed by atoms with E-state index in [1.54, 1.807) is 37.4 Å². The van der Waals surface area contributed by atoms with Crippen molar-refractivity contribution in [2.45, 2.75) is 44.8 Å². The van der Waals surface area contributed by atoms with Crippen molar-refractivity contribution < 1.29 is 37.0 Å². The summed E-state index contributed by atoms with van der Waals surface area (Å²) >= 11 is 0.942. The molecule has 0 fully saturated rings. The fourth-order valence-corrected chi connectivity index (χ4v) is 5.60. The number of Topliss-reactive ketones (excluding diaryl/α,β-unsaturated/α-hetero) is 1. The van der Waals surface area contributed by atoms with E-state index >= 15 is 0 Å². The monoisotopic (exact) mass is 536 g/mol. The number of thiophene rings is 1. The summed E-state index contributed by atoms with van der Waals surface area (Å²) in [6.07, 6.45) is -5.15. The first-order chi connectivity index (χ1) is 17.3. The lowest BCUT2D eigenvalue weighted by Gasteiger charge is -2.35. The minimum atomic E-state index is -5.24. The molecule has 0 spiro atoms. The van der Waals surface area contributed by atoms with Gasteiger partial charge in [0.2, 0.25) is 5.54 Å². The van der Waals surface area contributed by atoms with Crippen LogP contribution in [0, 0.1) is 5.41 Å². The van der Waals surface area contributed by atoms with Gasteiger partial charge in [-0.2, -0.15) is 13.2 Å². The van der Waals surface area contributed by atoms with E-state index in [9.17, 15) is 27.6 Å². The Morgan fingerprint density at radius 3 is 2.41 bits per heavy atom. The van der Waals surface area contributed by atoms with Gasteiger partial charge in [0.05, 0.1) is 24.7 Å². The highest BCUT2D eigenvalue weighted by atomic mass is 32.1. The molecule has 2 aliphatic rings. The van der Waals surface area contributed by atoms with Crippen LogP contribution in [0.4, 0.5) is 13.2 Å². The van der Waals surface area contributed by atoms with E-state index in [-0.39, 0.29) is 36.4 Å². The molecule has 2 aromatic rings. The summed E-state index contributed by atoms with van der Waals surface area (Å²) in [7, 11) is 2.95. The lowest BCUT2D eigenvalue weighted by molar-refractivity contribution is -0.190. The Hall–Kier alpha value is -3.34. The standard InChI is InChI=1S/C26H27F3N2O5S/c1-24(2)13-16-21(17(32)14-24)25(26(27,28)29,30-22(33)20-6-5-11-37-20)23(34)31(16)10-9-15-7-8-18(35-3)19(12-15)36-4/h5-8,11-12H,9-10,13-14H2,1-4H3,(H,30,33)/t25-/m1/s1. The maximum atomic E-state index is 14.8. The molecule has 37 heavy (non-hydrogen) atoms. The summed E-state index contributed by atoms with van der Waals surface area (Å²) in [5.74, 6) is -2.31. The highest BCUT2D eigenvalue weighted by Gasteiger charge is 2.71. The second-order valence-corrected chi connectivity index (χ2v) is 10.8. The minimum Gasteiger partial charge on any atom is -0.493 e. The summed E-state index contributed by atoms with van der Waals surface area (Å²) in [6, 6.07) is 7.95. The number of nitrogens with one attached hydrogen (secondary N) is 1. The van der Waals surface area contributed by atoms with E-state index in [0.29, 0.717) is 17.1 Å². The topological polar surface area (TPSA) is 84.9 Å². The number of ether oxygens (including phenoxy) is 2. The average molecular weight is 537 g/mol. The van der Waals surface area contributed by atoms with Crippen molar-refractivity contribution >= 4 is 28.9 Å². The Balaban J connectivity index is 1.77. The van der Waals surface area contributed by atoms with Gasteiger partial charge >= 0.3 is 6.18 Å². The number of carbonyl (C=O) groups is 3. The molecule has 0 radical (unpaired) electrons. The number of ketones is 1. The summed E-state index contributed by atoms with van der Waals surface area (Å²) in [5, 5.41) is 3.48. The molecule has 0 saturated carbocycles. The van der Waals surface area contributed by atoms with E-state index in [1.165, 1.54) is 26.4 Å². The van der Waals surface area contributed by atoms with Crippen molar-refractivity contribution in [3.8, 4) is 11.5 Å². The number of nitrogens with zero attached hydrogens (tertiary/aromatic N) is 1. The summed E-state index contributed by atoms with van der Waals surface area (Å²) in [4.78, 5) is 40.8. The average Bonchev–Trinajstić information content (AvgIpc) is 3.43. The van der Waals surface area contributed by atoms with Crippen molar-refractivity contribution in [1.82, 2.24) is 10.2 Å². The minimum absolute atomic E-state index is 0.00550. The van der Waals surface area contributed by atoms with Gasteiger partial charge in [-0.1, -0.05) is 26.0 Å². The smallest absolute Gasteiger partial charge is 0.425 e. The van der Waals surface area contributed by atoms with Gasteiger partial charge in [-0.25, -0.2) is 0 Å². The Bertz CT molecular complexity index is 1270. The number of carbonyl (C=O) groups excluding carboxylic acids is 3. The van der Waals surface area contributed by atoms with Gasteiger partial charge in [-0.05, 0) is 47.4 Å². The van der Waals surface area contributed by atoms with Crippen LogP contribution in [-0.2, 0) is 16.0 Å². The third-order valence-electron chi connectivity index (χ3n) is 6.66. The summed E-state index contributed by atoms with van der Waals surface area (Å²) in [6.45, 7) is 3.41. The lowest BCUT2D eigenvalue weighted by Crippen LogP contribution is -2.66. The molecule has 1 aliphatic heterocycles. The molecule has 0 bridgehead atoms. The highest BCUT2D eigenvalue weighted by Crippen LogP contribution is 2.51. The van der Waals surface area contributed by atoms with Crippen LogP contribution in [0.15, 0.2) is 47.0 Å². The van der Waals surface area contributed by atoms with E-state index in [0.717, 1.165) is 16.2 Å². The third kappa shape index (κ3) is 4.60. The van der Waals surface area contributed by atoms with Gasteiger partial charge in [0.15, 0.2) is 17.3 Å². The molecule has 2 amide bonds. The van der Waals surface area contributed by atoms with Crippen LogP contribution < -0.4 is 14.8 Å². The predicted molar refractivity (Wildman–Crippen MR) is 131 cm³/mol. The number of allylic oxidation sites excluding steroid dienone is 1. The fraction of sp³-hybridized carbons (Fsp3) is 0.423. The Labute approximate surface area is 216 Å². The van der Waals surface area contributed by atoms with Crippen molar-refractivity contribution in [3.05, 3.63) is 57.4 Å². The van der Waals surface area contributed by atoms with E-state index in [1.807, 2.05) is 5.32 Å². The third-order valence-corrected chi connectivity index (χ3v) is 7.53. The maximum absolute atomic E-state index is 14.8. The Morgan fingerprint density at radius 1 is 1.11 bits per heavy atom. The van der Waals surface area contributed by atoms with Crippen LogP contribution >= 0.6 is 11.3 Å². The van der Waals surface area contributed by atoms with Crippen molar-refractivity contribution in [1.29, 1.82) is 0 Å². The zero-order chi connectivity index (χ0) is 27.2. The Morgan fingerprint density at radius 2 is 1.81 bits per heavy atom. The predicted octanol–water partition coefficient (Wildman–Crippen LogP) is 4.52. The maximum Gasteiger partial charge on any atom is 0.425 e. The number of halogens is 3. The lowest BCUT2D eigenvalue weighted by atomic mass is 9.72. The first kappa shape index (κ1) is 26.7. The first-order valence-electron chi connectivity index (χ1n) is 11.6. The molecule has 1 atom stereocenters. The normalized spacial score (nSPS) is 21.2. The number of benzene rings is 1. The number of hydrogen-bond acceptors (Lipinski definition) is 6. The molecule has 0 saturated heterocycles. The molecule has 1 aromatic carbocycles. The number of hydrogen-bond donors (Lipinski definition) is 1. The number of rotatable bonds is 7. The van der Waals surface area contributed by atoms with Crippen LogP contribution in [0.3, 0.4) is 0 Å². The molecule has 7 nitrogen and oxygen atoms in total. The molecule has 1 N–H and O–H groups in total. The van der Waals surface area contributed by atoms with Crippen molar-refractivity contribution in [3.63, 3.8) is 0 Å².